The van der Waals surface area contributed by atoms with Gasteiger partial charge >= 0.3 is 0 Å². The summed E-state index contributed by atoms with van der Waals surface area (Å²) in [5, 5.41) is 3.43. The Morgan fingerprint density at radius 1 is 1.29 bits per heavy atom. The van der Waals surface area contributed by atoms with E-state index in [2.05, 4.69) is 12.2 Å². The molecule has 0 amide bonds. The van der Waals surface area contributed by atoms with E-state index in [9.17, 15) is 8.42 Å². The molecular weight excluding hydrogens is 234 g/mol. The number of hydrogen-bond donors (Lipinski definition) is 1. The zero-order valence-electron chi connectivity index (χ0n) is 10.5. The van der Waals surface area contributed by atoms with Crippen LogP contribution in [-0.4, -0.2) is 20.7 Å². The molecule has 1 N–H and O–H groups in total. The van der Waals surface area contributed by atoms with Gasteiger partial charge in [-0.3, -0.25) is 0 Å². The van der Waals surface area contributed by atoms with Gasteiger partial charge in [-0.05, 0) is 43.4 Å². The molecule has 1 aliphatic rings. The largest absolute Gasteiger partial charge is 0.382 e. The molecule has 1 fully saturated rings. The minimum Gasteiger partial charge on any atom is -0.382 e. The number of nitrogens with one attached hydrogen (secondary N) is 1. The first-order chi connectivity index (χ1) is 7.86. The van der Waals surface area contributed by atoms with Crippen molar-refractivity contribution in [3.8, 4) is 0 Å². The Bertz CT molecular complexity index is 516. The third-order valence-corrected chi connectivity index (χ3v) is 4.48. The molecule has 0 unspecified atom stereocenters. The van der Waals surface area contributed by atoms with Gasteiger partial charge in [0.05, 0.1) is 4.90 Å². The highest BCUT2D eigenvalue weighted by molar-refractivity contribution is 7.90. The molecule has 2 rings (SSSR count). The molecule has 0 spiro atoms. The van der Waals surface area contributed by atoms with Gasteiger partial charge < -0.3 is 5.32 Å². The van der Waals surface area contributed by atoms with Crippen molar-refractivity contribution < 1.29 is 8.42 Å². The van der Waals surface area contributed by atoms with Gasteiger partial charge in [-0.15, -0.1) is 0 Å². The monoisotopic (exact) mass is 253 g/mol. The Kier molecular flexibility index (Phi) is 3.17. The molecule has 0 saturated heterocycles. The third kappa shape index (κ3) is 2.80. The van der Waals surface area contributed by atoms with E-state index in [1.54, 1.807) is 12.1 Å². The lowest BCUT2D eigenvalue weighted by atomic mass is 9.82. The van der Waals surface area contributed by atoms with Crippen molar-refractivity contribution in [2.75, 3.05) is 11.6 Å². The highest BCUT2D eigenvalue weighted by Gasteiger charge is 2.25. The fourth-order valence-electron chi connectivity index (χ4n) is 2.23. The number of rotatable bonds is 3. The van der Waals surface area contributed by atoms with Crippen LogP contribution in [0.2, 0.25) is 0 Å². The predicted octanol–water partition coefficient (Wildman–Crippen LogP) is 2.61. The molecular formula is C13H19NO2S. The van der Waals surface area contributed by atoms with E-state index in [0.29, 0.717) is 10.9 Å². The Balaban J connectivity index is 2.21. The Morgan fingerprint density at radius 2 is 1.94 bits per heavy atom. The predicted molar refractivity (Wildman–Crippen MR) is 70.1 cm³/mol. The molecule has 0 radical (unpaired) electrons. The van der Waals surface area contributed by atoms with Crippen LogP contribution in [0.3, 0.4) is 0 Å². The second-order valence-corrected chi connectivity index (χ2v) is 7.18. The first kappa shape index (κ1) is 12.4. The van der Waals surface area contributed by atoms with E-state index >= 15 is 0 Å². The minimum absolute atomic E-state index is 0.387. The summed E-state index contributed by atoms with van der Waals surface area (Å²) in [6, 6.07) is 5.77. The van der Waals surface area contributed by atoms with Crippen LogP contribution in [-0.2, 0) is 9.84 Å². The molecule has 0 atom stereocenters. The maximum absolute atomic E-state index is 11.5. The number of anilines is 1. The lowest BCUT2D eigenvalue weighted by Gasteiger charge is -2.34. The van der Waals surface area contributed by atoms with Crippen molar-refractivity contribution in [3.05, 3.63) is 23.8 Å². The van der Waals surface area contributed by atoms with Crippen molar-refractivity contribution in [2.24, 2.45) is 5.92 Å². The van der Waals surface area contributed by atoms with Crippen molar-refractivity contribution in [3.63, 3.8) is 0 Å². The summed E-state index contributed by atoms with van der Waals surface area (Å²) >= 11 is 0. The lowest BCUT2D eigenvalue weighted by molar-refractivity contribution is 0.309. The van der Waals surface area contributed by atoms with E-state index in [0.717, 1.165) is 17.2 Å². The highest BCUT2D eigenvalue weighted by Crippen LogP contribution is 2.31. The van der Waals surface area contributed by atoms with Crippen LogP contribution in [0.15, 0.2) is 23.1 Å². The van der Waals surface area contributed by atoms with E-state index < -0.39 is 9.84 Å². The molecule has 1 aliphatic carbocycles. The molecule has 4 heteroatoms. The lowest BCUT2D eigenvalue weighted by Crippen LogP contribution is -2.34. The van der Waals surface area contributed by atoms with Crippen LogP contribution >= 0.6 is 0 Å². The van der Waals surface area contributed by atoms with Crippen molar-refractivity contribution in [1.29, 1.82) is 0 Å². The summed E-state index contributed by atoms with van der Waals surface area (Å²) in [7, 11) is -3.12. The molecule has 0 bridgehead atoms. The fraction of sp³-hybridized carbons (Fsp3) is 0.538. The smallest absolute Gasteiger partial charge is 0.175 e. The van der Waals surface area contributed by atoms with Gasteiger partial charge in [0.15, 0.2) is 9.84 Å². The Hall–Kier alpha value is -1.03. The molecule has 0 aromatic heterocycles. The first-order valence-corrected chi connectivity index (χ1v) is 7.82. The average Bonchev–Trinajstić information content (AvgIpc) is 2.17. The van der Waals surface area contributed by atoms with Gasteiger partial charge in [0.25, 0.3) is 0 Å². The first-order valence-electron chi connectivity index (χ1n) is 5.93. The van der Waals surface area contributed by atoms with Crippen LogP contribution < -0.4 is 5.32 Å². The van der Waals surface area contributed by atoms with Crippen molar-refractivity contribution in [2.45, 2.75) is 37.6 Å². The molecule has 0 heterocycles. The zero-order valence-corrected chi connectivity index (χ0v) is 11.3. The minimum atomic E-state index is -3.12. The maximum atomic E-state index is 11.5. The Morgan fingerprint density at radius 3 is 2.47 bits per heavy atom. The molecule has 3 nitrogen and oxygen atoms in total. The summed E-state index contributed by atoms with van der Waals surface area (Å²) in [4.78, 5) is 0.387. The second kappa shape index (κ2) is 4.33. The van der Waals surface area contributed by atoms with Crippen LogP contribution in [0.25, 0.3) is 0 Å². The van der Waals surface area contributed by atoms with E-state index in [4.69, 9.17) is 0 Å². The van der Waals surface area contributed by atoms with Crippen LogP contribution in [0.4, 0.5) is 5.69 Å². The van der Waals surface area contributed by atoms with Gasteiger partial charge in [0.1, 0.15) is 0 Å². The van der Waals surface area contributed by atoms with E-state index in [-0.39, 0.29) is 0 Å². The SMILES string of the molecule is Cc1ccc(S(C)(=O)=O)cc1NC1CC(C)C1. The highest BCUT2D eigenvalue weighted by atomic mass is 32.2. The van der Waals surface area contributed by atoms with Gasteiger partial charge in [-0.25, -0.2) is 8.42 Å². The summed E-state index contributed by atoms with van der Waals surface area (Å²) < 4.78 is 23.0. The summed E-state index contributed by atoms with van der Waals surface area (Å²) in [5.74, 6) is 0.783. The number of hydrogen-bond acceptors (Lipinski definition) is 3. The average molecular weight is 253 g/mol. The summed E-state index contributed by atoms with van der Waals surface area (Å²) in [5.41, 5.74) is 2.04. The standard InChI is InChI=1S/C13H19NO2S/c1-9-6-11(7-9)14-13-8-12(17(3,15)16)5-4-10(13)2/h4-5,8-9,11,14H,6-7H2,1-3H3. The second-order valence-electron chi connectivity index (χ2n) is 5.17. The van der Waals surface area contributed by atoms with Crippen LogP contribution in [0.5, 0.6) is 0 Å². The van der Waals surface area contributed by atoms with Crippen LogP contribution in [0, 0.1) is 12.8 Å². The van der Waals surface area contributed by atoms with E-state index in [1.807, 2.05) is 13.0 Å². The molecule has 94 valence electrons. The third-order valence-electron chi connectivity index (χ3n) is 3.37. The van der Waals surface area contributed by atoms with Gasteiger partial charge in [0.2, 0.25) is 0 Å². The van der Waals surface area contributed by atoms with Gasteiger partial charge in [0, 0.05) is 18.0 Å². The van der Waals surface area contributed by atoms with Gasteiger partial charge in [-0.1, -0.05) is 13.0 Å². The topological polar surface area (TPSA) is 46.2 Å². The summed E-state index contributed by atoms with van der Waals surface area (Å²) in [6.07, 6.45) is 3.58. The Labute approximate surface area is 103 Å². The van der Waals surface area contributed by atoms with Crippen LogP contribution in [0.1, 0.15) is 25.3 Å². The zero-order chi connectivity index (χ0) is 12.6. The maximum Gasteiger partial charge on any atom is 0.175 e. The molecule has 1 aromatic rings. The number of benzene rings is 1. The van der Waals surface area contributed by atoms with Gasteiger partial charge in [-0.2, -0.15) is 0 Å². The van der Waals surface area contributed by atoms with E-state index in [1.165, 1.54) is 19.1 Å². The normalized spacial score (nSPS) is 24.2. The van der Waals surface area contributed by atoms with Crippen molar-refractivity contribution in [1.82, 2.24) is 0 Å². The molecule has 1 saturated carbocycles. The number of sulfone groups is 1. The van der Waals surface area contributed by atoms with Crippen molar-refractivity contribution >= 4 is 15.5 Å². The number of aryl methyl sites for hydroxylation is 1. The fourth-order valence-corrected chi connectivity index (χ4v) is 2.87. The molecule has 1 aromatic carbocycles. The summed E-state index contributed by atoms with van der Waals surface area (Å²) in [6.45, 7) is 4.23. The quantitative estimate of drug-likeness (QED) is 0.900. The molecule has 17 heavy (non-hydrogen) atoms. The molecule has 0 aliphatic heterocycles.